The molecule has 0 aliphatic rings. The van der Waals surface area contributed by atoms with Crippen molar-refractivity contribution in [2.24, 2.45) is 0 Å². The molecular weight excluding hydrogens is 275 g/mol. The minimum absolute atomic E-state index is 0.296. The summed E-state index contributed by atoms with van der Waals surface area (Å²) in [5.74, 6) is 5.99. The molecule has 2 N–H and O–H groups in total. The van der Waals surface area contributed by atoms with E-state index in [1.807, 2.05) is 30.3 Å². The highest BCUT2D eigenvalue weighted by atomic mass is 19.1. The Balaban J connectivity index is 1.94. The van der Waals surface area contributed by atoms with Gasteiger partial charge < -0.3 is 5.73 Å². The van der Waals surface area contributed by atoms with Gasteiger partial charge in [-0.2, -0.15) is 0 Å². The van der Waals surface area contributed by atoms with Gasteiger partial charge >= 0.3 is 0 Å². The van der Waals surface area contributed by atoms with Crippen LogP contribution in [0, 0.1) is 17.7 Å². The first-order valence-electron chi connectivity index (χ1n) is 6.82. The van der Waals surface area contributed by atoms with Gasteiger partial charge in [0.25, 0.3) is 0 Å². The molecule has 0 saturated carbocycles. The van der Waals surface area contributed by atoms with E-state index in [0.29, 0.717) is 22.6 Å². The normalized spacial score (nSPS) is 9.86. The summed E-state index contributed by atoms with van der Waals surface area (Å²) in [4.78, 5) is 4.25. The molecule has 1 heterocycles. The molecule has 0 fully saturated rings. The van der Waals surface area contributed by atoms with E-state index in [-0.39, 0.29) is 5.82 Å². The molecule has 0 aliphatic heterocycles. The Morgan fingerprint density at radius 2 is 1.55 bits per heavy atom. The van der Waals surface area contributed by atoms with Crippen LogP contribution >= 0.6 is 0 Å². The summed E-state index contributed by atoms with van der Waals surface area (Å²) in [5, 5.41) is 0. The zero-order chi connectivity index (χ0) is 15.4. The molecule has 3 rings (SSSR count). The van der Waals surface area contributed by atoms with Crippen LogP contribution in [0.1, 0.15) is 11.1 Å². The fourth-order valence-corrected chi connectivity index (χ4v) is 2.06. The molecule has 0 saturated heterocycles. The van der Waals surface area contributed by atoms with Crippen molar-refractivity contribution >= 4 is 5.82 Å². The fourth-order valence-electron chi connectivity index (χ4n) is 2.06. The summed E-state index contributed by atoms with van der Waals surface area (Å²) >= 11 is 0. The van der Waals surface area contributed by atoms with Crippen molar-refractivity contribution in [2.75, 3.05) is 5.73 Å². The molecular formula is C19H13FN2. The van der Waals surface area contributed by atoms with E-state index in [0.717, 1.165) is 5.56 Å². The maximum absolute atomic E-state index is 13.8. The summed E-state index contributed by atoms with van der Waals surface area (Å²) < 4.78 is 13.8. The first kappa shape index (κ1) is 13.8. The number of nitrogens with two attached hydrogens (primary N) is 1. The summed E-state index contributed by atoms with van der Waals surface area (Å²) in [7, 11) is 0. The molecule has 0 atom stereocenters. The molecule has 22 heavy (non-hydrogen) atoms. The van der Waals surface area contributed by atoms with Crippen LogP contribution in [0.15, 0.2) is 66.7 Å². The molecule has 0 unspecified atom stereocenters. The maximum atomic E-state index is 13.8. The van der Waals surface area contributed by atoms with Gasteiger partial charge in [0.05, 0.1) is 11.3 Å². The van der Waals surface area contributed by atoms with Gasteiger partial charge in [-0.05, 0) is 36.4 Å². The van der Waals surface area contributed by atoms with Crippen molar-refractivity contribution in [1.82, 2.24) is 4.98 Å². The lowest BCUT2D eigenvalue weighted by molar-refractivity contribution is 0.631. The lowest BCUT2D eigenvalue weighted by atomic mass is 10.1. The SMILES string of the molecule is Nc1nc(-c2ccccc2F)ccc1C#Cc1ccccc1. The summed E-state index contributed by atoms with van der Waals surface area (Å²) in [6.07, 6.45) is 0. The monoisotopic (exact) mass is 288 g/mol. The average molecular weight is 288 g/mol. The van der Waals surface area contributed by atoms with E-state index in [2.05, 4.69) is 16.8 Å². The van der Waals surface area contributed by atoms with Gasteiger partial charge in [0.1, 0.15) is 11.6 Å². The van der Waals surface area contributed by atoms with Crippen molar-refractivity contribution in [2.45, 2.75) is 0 Å². The van der Waals surface area contributed by atoms with Gasteiger partial charge in [0, 0.05) is 11.1 Å². The number of rotatable bonds is 1. The van der Waals surface area contributed by atoms with Crippen molar-refractivity contribution in [3.05, 3.63) is 83.7 Å². The highest BCUT2D eigenvalue weighted by molar-refractivity contribution is 5.65. The summed E-state index contributed by atoms with van der Waals surface area (Å²) in [6.45, 7) is 0. The number of nitrogen functional groups attached to an aromatic ring is 1. The van der Waals surface area contributed by atoms with Crippen molar-refractivity contribution < 1.29 is 4.39 Å². The Bertz CT molecular complexity index is 861. The van der Waals surface area contributed by atoms with Crippen LogP contribution in [0.25, 0.3) is 11.3 Å². The van der Waals surface area contributed by atoms with E-state index < -0.39 is 0 Å². The quantitative estimate of drug-likeness (QED) is 0.690. The lowest BCUT2D eigenvalue weighted by Gasteiger charge is -2.04. The van der Waals surface area contributed by atoms with E-state index in [4.69, 9.17) is 5.73 Å². The van der Waals surface area contributed by atoms with Crippen molar-refractivity contribution in [3.8, 4) is 23.1 Å². The lowest BCUT2D eigenvalue weighted by Crippen LogP contribution is -1.97. The molecule has 3 heteroatoms. The van der Waals surface area contributed by atoms with Gasteiger partial charge in [-0.1, -0.05) is 42.2 Å². The molecule has 2 nitrogen and oxygen atoms in total. The van der Waals surface area contributed by atoms with E-state index in [9.17, 15) is 4.39 Å². The predicted octanol–water partition coefficient (Wildman–Crippen LogP) is 3.87. The molecule has 0 aliphatic carbocycles. The number of benzene rings is 2. The standard InChI is InChI=1S/C19H13FN2/c20-17-9-5-4-8-16(17)18-13-12-15(19(21)22-18)11-10-14-6-2-1-3-7-14/h1-9,12-13H,(H2,21,22). The van der Waals surface area contributed by atoms with Gasteiger partial charge in [0.2, 0.25) is 0 Å². The Hall–Kier alpha value is -3.12. The number of hydrogen-bond donors (Lipinski definition) is 1. The van der Waals surface area contributed by atoms with E-state index >= 15 is 0 Å². The summed E-state index contributed by atoms with van der Waals surface area (Å²) in [5.41, 5.74) is 8.40. The van der Waals surface area contributed by atoms with Gasteiger partial charge in [-0.25, -0.2) is 9.37 Å². The maximum Gasteiger partial charge on any atom is 0.139 e. The molecule has 0 bridgehead atoms. The smallest absolute Gasteiger partial charge is 0.139 e. The number of halogens is 1. The van der Waals surface area contributed by atoms with Crippen LogP contribution in [0.4, 0.5) is 10.2 Å². The van der Waals surface area contributed by atoms with Crippen LogP contribution in [0.5, 0.6) is 0 Å². The molecule has 0 spiro atoms. The van der Waals surface area contributed by atoms with Crippen LogP contribution in [0.2, 0.25) is 0 Å². The zero-order valence-corrected chi connectivity index (χ0v) is 11.8. The Kier molecular flexibility index (Phi) is 3.84. The molecule has 106 valence electrons. The van der Waals surface area contributed by atoms with Crippen LogP contribution < -0.4 is 5.73 Å². The number of anilines is 1. The first-order chi connectivity index (χ1) is 10.7. The van der Waals surface area contributed by atoms with Gasteiger partial charge in [0.15, 0.2) is 0 Å². The Morgan fingerprint density at radius 1 is 0.818 bits per heavy atom. The second kappa shape index (κ2) is 6.11. The Morgan fingerprint density at radius 3 is 2.27 bits per heavy atom. The number of hydrogen-bond acceptors (Lipinski definition) is 2. The number of nitrogens with zero attached hydrogens (tertiary/aromatic N) is 1. The van der Waals surface area contributed by atoms with E-state index in [1.165, 1.54) is 6.07 Å². The molecule has 0 radical (unpaired) electrons. The number of aromatic nitrogens is 1. The third-order valence-corrected chi connectivity index (χ3v) is 3.19. The minimum Gasteiger partial charge on any atom is -0.383 e. The van der Waals surface area contributed by atoms with Crippen LogP contribution in [-0.4, -0.2) is 4.98 Å². The highest BCUT2D eigenvalue weighted by Gasteiger charge is 2.07. The molecule has 0 amide bonds. The van der Waals surface area contributed by atoms with Crippen LogP contribution in [0.3, 0.4) is 0 Å². The third-order valence-electron chi connectivity index (χ3n) is 3.19. The molecule has 2 aromatic carbocycles. The second-order valence-corrected chi connectivity index (χ2v) is 4.73. The third kappa shape index (κ3) is 2.97. The Labute approximate surface area is 128 Å². The molecule has 3 aromatic rings. The van der Waals surface area contributed by atoms with Crippen molar-refractivity contribution in [1.29, 1.82) is 0 Å². The number of pyridine rings is 1. The zero-order valence-electron chi connectivity index (χ0n) is 11.8. The van der Waals surface area contributed by atoms with Gasteiger partial charge in [-0.15, -0.1) is 0 Å². The fraction of sp³-hybridized carbons (Fsp3) is 0. The average Bonchev–Trinajstić information content (AvgIpc) is 2.55. The minimum atomic E-state index is -0.322. The largest absolute Gasteiger partial charge is 0.383 e. The van der Waals surface area contributed by atoms with Crippen molar-refractivity contribution in [3.63, 3.8) is 0 Å². The first-order valence-corrected chi connectivity index (χ1v) is 6.82. The summed E-state index contributed by atoms with van der Waals surface area (Å²) in [6, 6.07) is 19.6. The van der Waals surface area contributed by atoms with Crippen LogP contribution in [-0.2, 0) is 0 Å². The molecule has 1 aromatic heterocycles. The second-order valence-electron chi connectivity index (χ2n) is 4.73. The topological polar surface area (TPSA) is 38.9 Å². The predicted molar refractivity (Wildman–Crippen MR) is 86.5 cm³/mol. The van der Waals surface area contributed by atoms with Gasteiger partial charge in [-0.3, -0.25) is 0 Å². The highest BCUT2D eigenvalue weighted by Crippen LogP contribution is 2.22. The van der Waals surface area contributed by atoms with E-state index in [1.54, 1.807) is 30.3 Å².